The first-order valence-corrected chi connectivity index (χ1v) is 8.20. The van der Waals surface area contributed by atoms with Gasteiger partial charge in [0, 0.05) is 39.9 Å². The molecule has 0 amide bonds. The molecule has 1 aromatic carbocycles. The van der Waals surface area contributed by atoms with Crippen LogP contribution in [0.2, 0.25) is 0 Å². The molecule has 0 aliphatic carbocycles. The van der Waals surface area contributed by atoms with Crippen LogP contribution < -0.4 is 10.6 Å². The van der Waals surface area contributed by atoms with Crippen LogP contribution >= 0.6 is 24.0 Å². The number of rotatable bonds is 8. The zero-order valence-electron chi connectivity index (χ0n) is 14.7. The number of ether oxygens (including phenoxy) is 1. The van der Waals surface area contributed by atoms with Gasteiger partial charge in [-0.3, -0.25) is 4.99 Å². The highest BCUT2D eigenvalue weighted by Crippen LogP contribution is 2.14. The summed E-state index contributed by atoms with van der Waals surface area (Å²) < 4.78 is 7.55. The average Bonchev–Trinajstić information content (AvgIpc) is 2.88. The molecule has 6 nitrogen and oxygen atoms in total. The topological polar surface area (TPSA) is 63.5 Å². The van der Waals surface area contributed by atoms with Crippen LogP contribution in [0, 0.1) is 6.92 Å². The quantitative estimate of drug-likeness (QED) is 0.284. The molecular formula is C17H28IN5O. The van der Waals surface area contributed by atoms with Gasteiger partial charge in [0.05, 0.1) is 11.0 Å². The maximum Gasteiger partial charge on any atom is 0.191 e. The van der Waals surface area contributed by atoms with E-state index in [9.17, 15) is 0 Å². The van der Waals surface area contributed by atoms with Gasteiger partial charge in [0.15, 0.2) is 5.96 Å². The van der Waals surface area contributed by atoms with Gasteiger partial charge in [0.25, 0.3) is 0 Å². The molecule has 0 spiro atoms. The fourth-order valence-electron chi connectivity index (χ4n) is 2.51. The van der Waals surface area contributed by atoms with Crippen LogP contribution in [0.1, 0.15) is 19.2 Å². The summed E-state index contributed by atoms with van der Waals surface area (Å²) in [5, 5.41) is 6.63. The highest BCUT2D eigenvalue weighted by atomic mass is 127. The van der Waals surface area contributed by atoms with Crippen molar-refractivity contribution in [2.45, 2.75) is 26.8 Å². The molecule has 0 radical (unpaired) electrons. The van der Waals surface area contributed by atoms with Gasteiger partial charge in [-0.1, -0.05) is 12.1 Å². The fraction of sp³-hybridized carbons (Fsp3) is 0.529. The molecule has 0 fully saturated rings. The third-order valence-electron chi connectivity index (χ3n) is 3.66. The van der Waals surface area contributed by atoms with E-state index in [2.05, 4.69) is 31.2 Å². The highest BCUT2D eigenvalue weighted by Gasteiger charge is 2.06. The number of fused-ring (bicyclic) bond motifs is 1. The van der Waals surface area contributed by atoms with Crippen molar-refractivity contribution in [2.75, 3.05) is 33.4 Å². The second-order valence-corrected chi connectivity index (χ2v) is 5.28. The van der Waals surface area contributed by atoms with Crippen molar-refractivity contribution < 1.29 is 4.74 Å². The number of halogens is 1. The Morgan fingerprint density at radius 2 is 2.00 bits per heavy atom. The maximum atomic E-state index is 5.32. The normalized spacial score (nSPS) is 11.4. The van der Waals surface area contributed by atoms with Gasteiger partial charge in [-0.05, 0) is 32.4 Å². The van der Waals surface area contributed by atoms with Gasteiger partial charge in [-0.15, -0.1) is 24.0 Å². The molecule has 2 N–H and O–H groups in total. The molecule has 2 rings (SSSR count). The Kier molecular flexibility index (Phi) is 9.70. The summed E-state index contributed by atoms with van der Waals surface area (Å²) in [6.07, 6.45) is 0.972. The molecule has 2 aromatic rings. The number of aromatic nitrogens is 2. The maximum absolute atomic E-state index is 5.32. The Hall–Kier alpha value is -1.35. The van der Waals surface area contributed by atoms with E-state index in [1.807, 2.05) is 32.0 Å². The van der Waals surface area contributed by atoms with E-state index < -0.39 is 0 Å². The SMILES string of the molecule is CCOCCCNC(=NC)NCCn1c(C)nc2ccccc21.I. The van der Waals surface area contributed by atoms with Crippen molar-refractivity contribution >= 4 is 41.0 Å². The number of guanidine groups is 1. The van der Waals surface area contributed by atoms with Crippen molar-refractivity contribution in [3.05, 3.63) is 30.1 Å². The summed E-state index contributed by atoms with van der Waals surface area (Å²) in [6.45, 7) is 8.10. The van der Waals surface area contributed by atoms with Crippen LogP contribution in [0.5, 0.6) is 0 Å². The van der Waals surface area contributed by atoms with Crippen LogP contribution in [0.4, 0.5) is 0 Å². The largest absolute Gasteiger partial charge is 0.382 e. The molecule has 0 saturated heterocycles. The number of nitrogens with one attached hydrogen (secondary N) is 2. The Bertz CT molecular complexity index is 641. The smallest absolute Gasteiger partial charge is 0.191 e. The summed E-state index contributed by atoms with van der Waals surface area (Å²) >= 11 is 0. The second-order valence-electron chi connectivity index (χ2n) is 5.28. The molecule has 134 valence electrons. The third-order valence-corrected chi connectivity index (χ3v) is 3.66. The lowest BCUT2D eigenvalue weighted by molar-refractivity contribution is 0.145. The van der Waals surface area contributed by atoms with Crippen LogP contribution in [0.15, 0.2) is 29.3 Å². The predicted octanol–water partition coefficient (Wildman–Crippen LogP) is 2.55. The first kappa shape index (κ1) is 20.7. The monoisotopic (exact) mass is 445 g/mol. The molecule has 0 saturated carbocycles. The van der Waals surface area contributed by atoms with Crippen LogP contribution in [-0.4, -0.2) is 48.9 Å². The number of para-hydroxylation sites is 2. The summed E-state index contributed by atoms with van der Waals surface area (Å²) in [4.78, 5) is 8.82. The number of imidazole rings is 1. The first-order valence-electron chi connectivity index (χ1n) is 8.20. The Morgan fingerprint density at radius 3 is 2.75 bits per heavy atom. The standard InChI is InChI=1S/C17H27N5O.HI/c1-4-23-13-7-10-19-17(18-3)20-11-12-22-14(2)21-15-8-5-6-9-16(15)22;/h5-6,8-9H,4,7,10-13H2,1-3H3,(H2,18,19,20);1H. The summed E-state index contributed by atoms with van der Waals surface area (Å²) in [6, 6.07) is 8.22. The number of nitrogens with zero attached hydrogens (tertiary/aromatic N) is 3. The molecule has 0 atom stereocenters. The van der Waals surface area contributed by atoms with Crippen molar-refractivity contribution in [1.29, 1.82) is 0 Å². The fourth-order valence-corrected chi connectivity index (χ4v) is 2.51. The molecule has 1 heterocycles. The number of benzene rings is 1. The minimum atomic E-state index is 0. The van der Waals surface area contributed by atoms with E-state index >= 15 is 0 Å². The zero-order valence-corrected chi connectivity index (χ0v) is 17.0. The molecule has 0 unspecified atom stereocenters. The van der Waals surface area contributed by atoms with E-state index in [-0.39, 0.29) is 24.0 Å². The van der Waals surface area contributed by atoms with Gasteiger partial charge in [0.2, 0.25) is 0 Å². The van der Waals surface area contributed by atoms with Crippen LogP contribution in [0.25, 0.3) is 11.0 Å². The lowest BCUT2D eigenvalue weighted by Crippen LogP contribution is -2.39. The number of hydrogen-bond donors (Lipinski definition) is 2. The van der Waals surface area contributed by atoms with Crippen molar-refractivity contribution in [3.8, 4) is 0 Å². The van der Waals surface area contributed by atoms with E-state index in [1.54, 1.807) is 7.05 Å². The van der Waals surface area contributed by atoms with Crippen LogP contribution in [0.3, 0.4) is 0 Å². The summed E-state index contributed by atoms with van der Waals surface area (Å²) in [7, 11) is 1.79. The Balaban J connectivity index is 0.00000288. The second kappa shape index (κ2) is 11.2. The Labute approximate surface area is 161 Å². The van der Waals surface area contributed by atoms with Gasteiger partial charge < -0.3 is 19.9 Å². The lowest BCUT2D eigenvalue weighted by Gasteiger charge is -2.13. The van der Waals surface area contributed by atoms with E-state index in [0.717, 1.165) is 56.6 Å². The van der Waals surface area contributed by atoms with E-state index in [1.165, 1.54) is 5.52 Å². The predicted molar refractivity (Wildman–Crippen MR) is 110 cm³/mol. The van der Waals surface area contributed by atoms with Crippen molar-refractivity contribution in [3.63, 3.8) is 0 Å². The van der Waals surface area contributed by atoms with Gasteiger partial charge in [-0.25, -0.2) is 4.98 Å². The Morgan fingerprint density at radius 1 is 1.25 bits per heavy atom. The zero-order chi connectivity index (χ0) is 16.5. The minimum Gasteiger partial charge on any atom is -0.382 e. The van der Waals surface area contributed by atoms with E-state index in [4.69, 9.17) is 4.74 Å². The number of hydrogen-bond acceptors (Lipinski definition) is 3. The molecule has 0 bridgehead atoms. The molecule has 24 heavy (non-hydrogen) atoms. The molecule has 0 aliphatic rings. The summed E-state index contributed by atoms with van der Waals surface area (Å²) in [5.74, 6) is 1.86. The minimum absolute atomic E-state index is 0. The molecule has 0 aliphatic heterocycles. The lowest BCUT2D eigenvalue weighted by atomic mass is 10.3. The molecular weight excluding hydrogens is 417 g/mol. The molecule has 1 aromatic heterocycles. The van der Waals surface area contributed by atoms with Gasteiger partial charge in [0.1, 0.15) is 5.82 Å². The number of aliphatic imine (C=N–C) groups is 1. The first-order chi connectivity index (χ1) is 11.3. The molecule has 7 heteroatoms. The highest BCUT2D eigenvalue weighted by molar-refractivity contribution is 14.0. The van der Waals surface area contributed by atoms with E-state index in [0.29, 0.717) is 0 Å². The average molecular weight is 445 g/mol. The van der Waals surface area contributed by atoms with Crippen molar-refractivity contribution in [2.24, 2.45) is 4.99 Å². The summed E-state index contributed by atoms with van der Waals surface area (Å²) in [5.41, 5.74) is 2.22. The third kappa shape index (κ3) is 5.94. The van der Waals surface area contributed by atoms with Gasteiger partial charge >= 0.3 is 0 Å². The van der Waals surface area contributed by atoms with Crippen LogP contribution in [-0.2, 0) is 11.3 Å². The van der Waals surface area contributed by atoms with Gasteiger partial charge in [-0.2, -0.15) is 0 Å². The van der Waals surface area contributed by atoms with Crippen molar-refractivity contribution in [1.82, 2.24) is 20.2 Å². The number of aryl methyl sites for hydroxylation is 1.